The van der Waals surface area contributed by atoms with Gasteiger partial charge in [0.2, 0.25) is 5.91 Å². The fraction of sp³-hybridized carbons (Fsp3) is 0.188. The van der Waals surface area contributed by atoms with E-state index in [2.05, 4.69) is 15.4 Å². The molecule has 3 aromatic rings. The number of carbonyl (C=O) groups is 1. The van der Waals surface area contributed by atoms with E-state index < -0.39 is 0 Å². The molecule has 0 radical (unpaired) electrons. The highest BCUT2D eigenvalue weighted by atomic mass is 35.5. The molecule has 0 saturated carbocycles. The van der Waals surface area contributed by atoms with Crippen LogP contribution in [0.2, 0.25) is 5.02 Å². The number of nitrogens with one attached hydrogen (secondary N) is 1. The average molecular weight is 347 g/mol. The number of halogens is 1. The minimum Gasteiger partial charge on any atom is -0.322 e. The van der Waals surface area contributed by atoms with Crippen LogP contribution in [0.4, 0.5) is 5.69 Å². The van der Waals surface area contributed by atoms with Crippen LogP contribution < -0.4 is 5.32 Å². The molecule has 1 unspecified atom stereocenters. The average Bonchev–Trinajstić information content (AvgIpc) is 2.92. The van der Waals surface area contributed by atoms with Crippen molar-refractivity contribution >= 4 is 45.9 Å². The van der Waals surface area contributed by atoms with Crippen molar-refractivity contribution in [1.82, 2.24) is 14.8 Å². The molecule has 0 aliphatic heterocycles. The Bertz CT molecular complexity index is 864. The van der Waals surface area contributed by atoms with Crippen LogP contribution in [0.15, 0.2) is 47.8 Å². The summed E-state index contributed by atoms with van der Waals surface area (Å²) in [6.07, 6.45) is 5.12. The quantitative estimate of drug-likeness (QED) is 0.731. The van der Waals surface area contributed by atoms with E-state index in [1.807, 2.05) is 38.2 Å². The molecular weight excluding hydrogens is 332 g/mol. The number of anilines is 1. The van der Waals surface area contributed by atoms with Crippen LogP contribution in [0.1, 0.15) is 6.92 Å². The molecule has 0 aliphatic carbocycles. The van der Waals surface area contributed by atoms with E-state index in [0.29, 0.717) is 10.7 Å². The van der Waals surface area contributed by atoms with Crippen molar-refractivity contribution in [2.24, 2.45) is 7.05 Å². The number of pyridine rings is 1. The summed E-state index contributed by atoms with van der Waals surface area (Å²) in [6, 6.07) is 7.49. The maximum absolute atomic E-state index is 12.3. The summed E-state index contributed by atoms with van der Waals surface area (Å²) in [5.74, 6) is -0.0677. The molecule has 1 aromatic carbocycles. The normalized spacial score (nSPS) is 12.3. The van der Waals surface area contributed by atoms with Crippen molar-refractivity contribution in [3.8, 4) is 0 Å². The number of benzene rings is 1. The van der Waals surface area contributed by atoms with Gasteiger partial charge in [0.1, 0.15) is 0 Å². The van der Waals surface area contributed by atoms with Gasteiger partial charge in [0, 0.05) is 34.7 Å². The second-order valence-electron chi connectivity index (χ2n) is 5.12. The first-order valence-electron chi connectivity index (χ1n) is 7.03. The zero-order valence-corrected chi connectivity index (χ0v) is 14.2. The highest BCUT2D eigenvalue weighted by Crippen LogP contribution is 2.31. The molecule has 2 aromatic heterocycles. The third kappa shape index (κ3) is 3.65. The van der Waals surface area contributed by atoms with Gasteiger partial charge in [-0.15, -0.1) is 11.8 Å². The Morgan fingerprint density at radius 3 is 2.96 bits per heavy atom. The maximum Gasteiger partial charge on any atom is 0.237 e. The first-order chi connectivity index (χ1) is 11.0. The molecule has 3 rings (SSSR count). The summed E-state index contributed by atoms with van der Waals surface area (Å²) < 4.78 is 1.65. The van der Waals surface area contributed by atoms with Crippen LogP contribution in [-0.4, -0.2) is 25.9 Å². The van der Waals surface area contributed by atoms with Crippen molar-refractivity contribution < 1.29 is 4.79 Å². The number of nitrogens with zero attached hydrogens (tertiary/aromatic N) is 3. The molecule has 0 bridgehead atoms. The standard InChI is InChI=1S/C16H15ClN4OS/c1-10(16(22)20-12-8-19-21(2)9-12)23-15-5-6-18-14-7-11(17)3-4-13(14)15/h3-10H,1-2H3,(H,20,22). The van der Waals surface area contributed by atoms with Crippen molar-refractivity contribution in [3.63, 3.8) is 0 Å². The number of carbonyl (C=O) groups excluding carboxylic acids is 1. The summed E-state index contributed by atoms with van der Waals surface area (Å²) in [5, 5.41) is 8.28. The van der Waals surface area contributed by atoms with Gasteiger partial charge in [-0.3, -0.25) is 14.5 Å². The Morgan fingerprint density at radius 2 is 2.22 bits per heavy atom. The number of rotatable bonds is 4. The van der Waals surface area contributed by atoms with E-state index in [0.717, 1.165) is 15.8 Å². The number of amides is 1. The molecule has 2 heterocycles. The van der Waals surface area contributed by atoms with Gasteiger partial charge in [0.25, 0.3) is 0 Å². The van der Waals surface area contributed by atoms with Gasteiger partial charge < -0.3 is 5.32 Å². The Morgan fingerprint density at radius 1 is 1.39 bits per heavy atom. The monoisotopic (exact) mass is 346 g/mol. The minimum absolute atomic E-state index is 0.0677. The van der Waals surface area contributed by atoms with Gasteiger partial charge >= 0.3 is 0 Å². The fourth-order valence-electron chi connectivity index (χ4n) is 2.17. The Kier molecular flexibility index (Phi) is 4.54. The lowest BCUT2D eigenvalue weighted by atomic mass is 10.2. The molecular formula is C16H15ClN4OS. The fourth-order valence-corrected chi connectivity index (χ4v) is 3.32. The predicted octanol–water partition coefficient (Wildman–Crippen LogP) is 3.74. The van der Waals surface area contributed by atoms with Crippen molar-refractivity contribution in [2.45, 2.75) is 17.1 Å². The van der Waals surface area contributed by atoms with E-state index in [-0.39, 0.29) is 11.2 Å². The van der Waals surface area contributed by atoms with Crippen LogP contribution >= 0.6 is 23.4 Å². The smallest absolute Gasteiger partial charge is 0.237 e. The second-order valence-corrected chi connectivity index (χ2v) is 6.94. The molecule has 5 nitrogen and oxygen atoms in total. The van der Waals surface area contributed by atoms with Gasteiger partial charge in [-0.25, -0.2) is 0 Å². The number of fused-ring (bicyclic) bond motifs is 1. The van der Waals surface area contributed by atoms with Crippen LogP contribution in [0.5, 0.6) is 0 Å². The summed E-state index contributed by atoms with van der Waals surface area (Å²) in [6.45, 7) is 1.87. The highest BCUT2D eigenvalue weighted by Gasteiger charge is 2.16. The molecule has 0 spiro atoms. The largest absolute Gasteiger partial charge is 0.322 e. The molecule has 1 amide bonds. The number of hydrogen-bond acceptors (Lipinski definition) is 4. The molecule has 0 saturated heterocycles. The van der Waals surface area contributed by atoms with Gasteiger partial charge in [0.05, 0.1) is 22.7 Å². The Balaban J connectivity index is 1.77. The Hall–Kier alpha value is -2.05. The predicted molar refractivity (Wildman–Crippen MR) is 93.9 cm³/mol. The van der Waals surface area contributed by atoms with Gasteiger partial charge in [-0.2, -0.15) is 5.10 Å². The molecule has 0 fully saturated rings. The molecule has 1 atom stereocenters. The first-order valence-corrected chi connectivity index (χ1v) is 8.29. The second kappa shape index (κ2) is 6.60. The molecule has 0 aliphatic rings. The summed E-state index contributed by atoms with van der Waals surface area (Å²) in [4.78, 5) is 17.6. The van der Waals surface area contributed by atoms with Gasteiger partial charge in [-0.1, -0.05) is 17.7 Å². The number of thioether (sulfide) groups is 1. The summed E-state index contributed by atoms with van der Waals surface area (Å²) in [7, 11) is 1.81. The van der Waals surface area contributed by atoms with Crippen LogP contribution in [0, 0.1) is 0 Å². The lowest BCUT2D eigenvalue weighted by Gasteiger charge is -2.12. The molecule has 7 heteroatoms. The summed E-state index contributed by atoms with van der Waals surface area (Å²) in [5.41, 5.74) is 1.51. The van der Waals surface area contributed by atoms with Gasteiger partial charge in [0.15, 0.2) is 0 Å². The van der Waals surface area contributed by atoms with E-state index in [1.54, 1.807) is 23.3 Å². The zero-order chi connectivity index (χ0) is 16.4. The third-order valence-electron chi connectivity index (χ3n) is 3.31. The molecule has 23 heavy (non-hydrogen) atoms. The van der Waals surface area contributed by atoms with Gasteiger partial charge in [-0.05, 0) is 25.1 Å². The Labute approximate surface area is 143 Å². The topological polar surface area (TPSA) is 59.8 Å². The lowest BCUT2D eigenvalue weighted by molar-refractivity contribution is -0.115. The van der Waals surface area contributed by atoms with E-state index >= 15 is 0 Å². The zero-order valence-electron chi connectivity index (χ0n) is 12.7. The van der Waals surface area contributed by atoms with E-state index in [1.165, 1.54) is 11.8 Å². The lowest BCUT2D eigenvalue weighted by Crippen LogP contribution is -2.22. The van der Waals surface area contributed by atoms with E-state index in [4.69, 9.17) is 11.6 Å². The molecule has 118 valence electrons. The highest BCUT2D eigenvalue weighted by molar-refractivity contribution is 8.00. The van der Waals surface area contributed by atoms with E-state index in [9.17, 15) is 4.79 Å². The first kappa shape index (κ1) is 15.8. The van der Waals surface area contributed by atoms with Crippen molar-refractivity contribution in [3.05, 3.63) is 47.9 Å². The van der Waals surface area contributed by atoms with Crippen LogP contribution in [0.3, 0.4) is 0 Å². The van der Waals surface area contributed by atoms with Crippen molar-refractivity contribution in [2.75, 3.05) is 5.32 Å². The third-order valence-corrected chi connectivity index (χ3v) is 4.72. The van der Waals surface area contributed by atoms with Crippen LogP contribution in [-0.2, 0) is 11.8 Å². The SMILES string of the molecule is CC(Sc1ccnc2cc(Cl)ccc12)C(=O)Nc1cnn(C)c1. The number of hydrogen-bond donors (Lipinski definition) is 1. The van der Waals surface area contributed by atoms with Crippen LogP contribution in [0.25, 0.3) is 10.9 Å². The number of aromatic nitrogens is 3. The number of aryl methyl sites for hydroxylation is 1. The minimum atomic E-state index is -0.253. The molecule has 1 N–H and O–H groups in total. The van der Waals surface area contributed by atoms with Crippen molar-refractivity contribution in [1.29, 1.82) is 0 Å². The maximum atomic E-state index is 12.3. The summed E-state index contributed by atoms with van der Waals surface area (Å²) >= 11 is 7.49.